The van der Waals surface area contributed by atoms with Gasteiger partial charge in [0.15, 0.2) is 0 Å². The van der Waals surface area contributed by atoms with E-state index in [1.54, 1.807) is 0 Å². The standard InChI is InChI=1S/C74H136N4O14/c1-5-9-13-17-21-25-29-33-37-41-59-87-69(81)49-53-77(54-50-70(82)88-60-42-38-34-30-26-22-18-14-10-6-2)57-63-91-67(79)47-45-65-73(85)76-66(74(86)75-65)46-48-68(80)92-64-58-78(55-51-71(83)89-61-43-39-35-31-27-23-19-15-11-7-3)56-52-72(84)90-62-44-40-36-32-28-24-20-16-12-8-4/h65-66H,5-64H2,1-4H3,(H,75,86)(H,76,85). The maximum Gasteiger partial charge on any atom is 0.307 e. The van der Waals surface area contributed by atoms with E-state index < -0.39 is 35.8 Å². The summed E-state index contributed by atoms with van der Waals surface area (Å²) in [5.41, 5.74) is 0. The van der Waals surface area contributed by atoms with Crippen LogP contribution in [0.15, 0.2) is 0 Å². The Balaban J connectivity index is 2.60. The van der Waals surface area contributed by atoms with Crippen molar-refractivity contribution < 1.29 is 66.8 Å². The van der Waals surface area contributed by atoms with Crippen molar-refractivity contribution in [1.29, 1.82) is 0 Å². The van der Waals surface area contributed by atoms with Crippen LogP contribution in [0.4, 0.5) is 0 Å². The van der Waals surface area contributed by atoms with Gasteiger partial charge in [-0.05, 0) is 38.5 Å². The van der Waals surface area contributed by atoms with Gasteiger partial charge in [-0.25, -0.2) is 0 Å². The number of hydrogen-bond acceptors (Lipinski definition) is 16. The zero-order valence-electron chi connectivity index (χ0n) is 59.2. The van der Waals surface area contributed by atoms with Gasteiger partial charge in [0, 0.05) is 52.1 Å². The molecule has 1 saturated heterocycles. The molecule has 0 radical (unpaired) electrons. The molecular weight excluding hydrogens is 1170 g/mol. The molecule has 0 spiro atoms. The van der Waals surface area contributed by atoms with Crippen LogP contribution in [0.5, 0.6) is 0 Å². The summed E-state index contributed by atoms with van der Waals surface area (Å²) in [5, 5.41) is 5.36. The molecule has 1 aliphatic rings. The molecule has 1 fully saturated rings. The second-order valence-corrected chi connectivity index (χ2v) is 25.9. The minimum absolute atomic E-state index is 0.00465. The van der Waals surface area contributed by atoms with Crippen LogP contribution < -0.4 is 10.6 Å². The van der Waals surface area contributed by atoms with Crippen LogP contribution in [-0.2, 0) is 66.8 Å². The molecule has 0 bridgehead atoms. The summed E-state index contributed by atoms with van der Waals surface area (Å²) >= 11 is 0. The van der Waals surface area contributed by atoms with Gasteiger partial charge in [-0.2, -0.15) is 0 Å². The van der Waals surface area contributed by atoms with Crippen LogP contribution in [0.3, 0.4) is 0 Å². The molecule has 0 aromatic heterocycles. The van der Waals surface area contributed by atoms with E-state index in [2.05, 4.69) is 38.3 Å². The average molecular weight is 1310 g/mol. The van der Waals surface area contributed by atoms with Crippen molar-refractivity contribution in [3.05, 3.63) is 0 Å². The van der Waals surface area contributed by atoms with Crippen molar-refractivity contribution in [3.63, 3.8) is 0 Å². The lowest BCUT2D eigenvalue weighted by Crippen LogP contribution is -2.61. The summed E-state index contributed by atoms with van der Waals surface area (Å²) in [6, 6.07) is -1.96. The third kappa shape index (κ3) is 55.0. The number of esters is 6. The van der Waals surface area contributed by atoms with Crippen molar-refractivity contribution in [2.75, 3.05) is 78.9 Å². The molecule has 0 aliphatic carbocycles. The molecule has 2 unspecified atom stereocenters. The molecule has 2 N–H and O–H groups in total. The zero-order valence-corrected chi connectivity index (χ0v) is 59.2. The lowest BCUT2D eigenvalue weighted by atomic mass is 10.0. The molecule has 2 atom stereocenters. The van der Waals surface area contributed by atoms with Gasteiger partial charge in [0.25, 0.3) is 0 Å². The van der Waals surface area contributed by atoms with Gasteiger partial charge < -0.3 is 39.1 Å². The van der Waals surface area contributed by atoms with Crippen LogP contribution in [0.2, 0.25) is 0 Å². The summed E-state index contributed by atoms with van der Waals surface area (Å²) in [7, 11) is 0. The largest absolute Gasteiger partial charge is 0.466 e. The van der Waals surface area contributed by atoms with E-state index in [1.165, 1.54) is 180 Å². The first kappa shape index (κ1) is 85.7. The molecule has 1 heterocycles. The molecule has 18 heteroatoms. The number of rotatable bonds is 68. The lowest BCUT2D eigenvalue weighted by Gasteiger charge is -2.29. The average Bonchev–Trinajstić information content (AvgIpc) is 1.08. The molecule has 2 amide bonds. The topological polar surface area (TPSA) is 222 Å². The predicted molar refractivity (Wildman–Crippen MR) is 367 cm³/mol. The smallest absolute Gasteiger partial charge is 0.307 e. The first-order valence-electron chi connectivity index (χ1n) is 37.9. The van der Waals surface area contributed by atoms with Crippen molar-refractivity contribution in [2.24, 2.45) is 0 Å². The van der Waals surface area contributed by atoms with E-state index in [9.17, 15) is 38.4 Å². The normalized spacial score (nSPS) is 13.9. The van der Waals surface area contributed by atoms with E-state index in [0.29, 0.717) is 52.6 Å². The van der Waals surface area contributed by atoms with E-state index in [1.807, 2.05) is 9.80 Å². The highest BCUT2D eigenvalue weighted by atomic mass is 16.6. The van der Waals surface area contributed by atoms with Gasteiger partial charge in [0.1, 0.15) is 25.3 Å². The molecule has 0 aromatic rings. The molecule has 1 aliphatic heterocycles. The quantitative estimate of drug-likeness (QED) is 0.0328. The third-order valence-corrected chi connectivity index (χ3v) is 17.5. The second kappa shape index (κ2) is 64.0. The zero-order chi connectivity index (χ0) is 67.0. The van der Waals surface area contributed by atoms with Gasteiger partial charge >= 0.3 is 35.8 Å². The first-order valence-corrected chi connectivity index (χ1v) is 37.9. The Labute approximate surface area is 559 Å². The number of unbranched alkanes of at least 4 members (excludes halogenated alkanes) is 36. The van der Waals surface area contributed by atoms with Crippen molar-refractivity contribution in [3.8, 4) is 0 Å². The van der Waals surface area contributed by atoms with Crippen LogP contribution in [0, 0.1) is 0 Å². The molecular formula is C74H136N4O14. The maximum absolute atomic E-state index is 13.1. The Morgan fingerprint density at radius 3 is 0.663 bits per heavy atom. The molecule has 536 valence electrons. The van der Waals surface area contributed by atoms with Crippen LogP contribution in [0.1, 0.15) is 336 Å². The third-order valence-electron chi connectivity index (χ3n) is 17.5. The van der Waals surface area contributed by atoms with E-state index in [0.717, 1.165) is 77.0 Å². The van der Waals surface area contributed by atoms with Gasteiger partial charge in [0.05, 0.1) is 52.1 Å². The van der Waals surface area contributed by atoms with Gasteiger partial charge in [-0.3, -0.25) is 48.2 Å². The fraction of sp³-hybridized carbons (Fsp3) is 0.892. The van der Waals surface area contributed by atoms with Crippen molar-refractivity contribution in [2.45, 2.75) is 348 Å². The monoisotopic (exact) mass is 1310 g/mol. The minimum Gasteiger partial charge on any atom is -0.466 e. The molecule has 18 nitrogen and oxygen atoms in total. The summed E-state index contributed by atoms with van der Waals surface area (Å²) in [5.74, 6) is -3.37. The lowest BCUT2D eigenvalue weighted by molar-refractivity contribution is -0.148. The highest BCUT2D eigenvalue weighted by Crippen LogP contribution is 2.16. The number of nitrogens with zero attached hydrogens (tertiary/aromatic N) is 2. The van der Waals surface area contributed by atoms with Crippen molar-refractivity contribution in [1.82, 2.24) is 20.4 Å². The Hall–Kier alpha value is -4.32. The number of ether oxygens (including phenoxy) is 6. The summed E-state index contributed by atoms with van der Waals surface area (Å²) in [6.07, 6.45) is 47.7. The van der Waals surface area contributed by atoms with Gasteiger partial charge in [-0.1, -0.05) is 259 Å². The number of nitrogens with one attached hydrogen (secondary N) is 2. The predicted octanol–water partition coefficient (Wildman–Crippen LogP) is 15.6. The molecule has 1 rings (SSSR count). The van der Waals surface area contributed by atoms with Gasteiger partial charge in [0.2, 0.25) is 11.8 Å². The SMILES string of the molecule is CCCCCCCCCCCCOC(=O)CCN(CCOC(=O)CCC1NC(=O)C(CCC(=O)OCCN(CCC(=O)OCCCCCCCCCCCC)CCC(=O)OCCCCCCCCCCCC)NC1=O)CCC(=O)OCCCCCCCCCCCC. The molecule has 92 heavy (non-hydrogen) atoms. The fourth-order valence-electron chi connectivity index (χ4n) is 11.4. The Bertz CT molecular complexity index is 1630. The minimum atomic E-state index is -0.979. The summed E-state index contributed by atoms with van der Waals surface area (Å²) in [6.45, 7) is 12.1. The summed E-state index contributed by atoms with van der Waals surface area (Å²) in [4.78, 5) is 107. The van der Waals surface area contributed by atoms with E-state index >= 15 is 0 Å². The van der Waals surface area contributed by atoms with Crippen LogP contribution in [0.25, 0.3) is 0 Å². The van der Waals surface area contributed by atoms with Crippen molar-refractivity contribution >= 4 is 47.6 Å². The number of carbonyl (C=O) groups is 8. The Kier molecular flexibility index (Phi) is 59.7. The molecule has 0 saturated carbocycles. The maximum atomic E-state index is 13.1. The highest BCUT2D eigenvalue weighted by Gasteiger charge is 2.34. The Morgan fingerprint density at radius 2 is 0.446 bits per heavy atom. The van der Waals surface area contributed by atoms with Crippen LogP contribution >= 0.6 is 0 Å². The fourth-order valence-corrected chi connectivity index (χ4v) is 11.4. The summed E-state index contributed by atoms with van der Waals surface area (Å²) < 4.78 is 33.2. The second-order valence-electron chi connectivity index (χ2n) is 25.9. The number of amides is 2. The van der Waals surface area contributed by atoms with E-state index in [4.69, 9.17) is 28.4 Å². The first-order chi connectivity index (χ1) is 44.9. The number of carbonyl (C=O) groups excluding carboxylic acids is 8. The van der Waals surface area contributed by atoms with Crippen LogP contribution in [-0.4, -0.2) is 148 Å². The van der Waals surface area contributed by atoms with E-state index in [-0.39, 0.29) is 102 Å². The number of piperazine rings is 1. The number of hydrogen-bond donors (Lipinski definition) is 2. The Morgan fingerprint density at radius 1 is 0.261 bits per heavy atom. The highest BCUT2D eigenvalue weighted by molar-refractivity contribution is 5.97. The molecule has 0 aromatic carbocycles. The van der Waals surface area contributed by atoms with Gasteiger partial charge in [-0.15, -0.1) is 0 Å².